The highest BCUT2D eigenvalue weighted by Gasteiger charge is 2.26. The van der Waals surface area contributed by atoms with E-state index in [1.54, 1.807) is 12.1 Å². The van der Waals surface area contributed by atoms with Gasteiger partial charge in [-0.2, -0.15) is 0 Å². The fourth-order valence-electron chi connectivity index (χ4n) is 1.85. The number of carbonyl (C=O) groups is 1. The van der Waals surface area contributed by atoms with Crippen molar-refractivity contribution in [1.29, 1.82) is 0 Å². The smallest absolute Gasteiger partial charge is 0.224 e. The van der Waals surface area contributed by atoms with Gasteiger partial charge in [-0.05, 0) is 30.5 Å². The SMILES string of the molecule is CCC(CC)(CO)NC(=O)Cc1ccc(N)cc1. The second-order valence-corrected chi connectivity index (χ2v) is 4.61. The molecule has 0 spiro atoms. The summed E-state index contributed by atoms with van der Waals surface area (Å²) in [4.78, 5) is 11.9. The molecule has 0 unspecified atom stereocenters. The van der Waals surface area contributed by atoms with Gasteiger partial charge in [0, 0.05) is 5.69 Å². The van der Waals surface area contributed by atoms with Crippen LogP contribution in [0.4, 0.5) is 5.69 Å². The van der Waals surface area contributed by atoms with Crippen LogP contribution in [0.5, 0.6) is 0 Å². The monoisotopic (exact) mass is 250 g/mol. The number of nitrogen functional groups attached to an aromatic ring is 1. The van der Waals surface area contributed by atoms with Gasteiger partial charge in [0.25, 0.3) is 0 Å². The molecule has 0 bridgehead atoms. The van der Waals surface area contributed by atoms with Gasteiger partial charge in [-0.15, -0.1) is 0 Å². The molecule has 0 saturated heterocycles. The number of hydrogen-bond acceptors (Lipinski definition) is 3. The predicted molar refractivity (Wildman–Crippen MR) is 73.1 cm³/mol. The number of aliphatic hydroxyl groups excluding tert-OH is 1. The van der Waals surface area contributed by atoms with Gasteiger partial charge < -0.3 is 16.2 Å². The standard InChI is InChI=1S/C14H22N2O2/c1-3-14(4-2,10-17)16-13(18)9-11-5-7-12(15)8-6-11/h5-8,17H,3-4,9-10,15H2,1-2H3,(H,16,18). The van der Waals surface area contributed by atoms with Crippen molar-refractivity contribution in [1.82, 2.24) is 5.32 Å². The van der Waals surface area contributed by atoms with Crippen molar-refractivity contribution < 1.29 is 9.90 Å². The van der Waals surface area contributed by atoms with E-state index in [1.165, 1.54) is 0 Å². The van der Waals surface area contributed by atoms with E-state index in [9.17, 15) is 9.90 Å². The van der Waals surface area contributed by atoms with E-state index in [0.717, 1.165) is 5.56 Å². The van der Waals surface area contributed by atoms with E-state index >= 15 is 0 Å². The molecule has 0 aromatic heterocycles. The van der Waals surface area contributed by atoms with Crippen LogP contribution in [0.15, 0.2) is 24.3 Å². The number of benzene rings is 1. The second kappa shape index (κ2) is 6.40. The molecule has 0 radical (unpaired) electrons. The number of hydrogen-bond donors (Lipinski definition) is 3. The molecular formula is C14H22N2O2. The summed E-state index contributed by atoms with van der Waals surface area (Å²) in [6.07, 6.45) is 1.74. The zero-order chi connectivity index (χ0) is 13.6. The molecule has 0 heterocycles. The molecule has 0 saturated carbocycles. The van der Waals surface area contributed by atoms with E-state index in [0.29, 0.717) is 24.9 Å². The van der Waals surface area contributed by atoms with Crippen molar-refractivity contribution in [2.24, 2.45) is 0 Å². The van der Waals surface area contributed by atoms with E-state index < -0.39 is 5.54 Å². The van der Waals surface area contributed by atoms with Gasteiger partial charge in [0.1, 0.15) is 0 Å². The van der Waals surface area contributed by atoms with E-state index in [2.05, 4.69) is 5.32 Å². The Bertz CT molecular complexity index is 375. The average Bonchev–Trinajstić information content (AvgIpc) is 2.39. The molecule has 0 aliphatic rings. The number of carbonyl (C=O) groups excluding carboxylic acids is 1. The summed E-state index contributed by atoms with van der Waals surface area (Å²) in [7, 11) is 0. The first-order chi connectivity index (χ1) is 8.55. The highest BCUT2D eigenvalue weighted by molar-refractivity contribution is 5.79. The zero-order valence-electron chi connectivity index (χ0n) is 11.1. The summed E-state index contributed by atoms with van der Waals surface area (Å²) in [6, 6.07) is 7.24. The maximum atomic E-state index is 11.9. The molecule has 0 aliphatic heterocycles. The maximum Gasteiger partial charge on any atom is 0.224 e. The lowest BCUT2D eigenvalue weighted by Crippen LogP contribution is -2.51. The third kappa shape index (κ3) is 3.74. The fourth-order valence-corrected chi connectivity index (χ4v) is 1.85. The number of nitrogens with two attached hydrogens (primary N) is 1. The number of anilines is 1. The summed E-state index contributed by atoms with van der Waals surface area (Å²) in [5.41, 5.74) is 6.70. The Morgan fingerprint density at radius 1 is 1.28 bits per heavy atom. The lowest BCUT2D eigenvalue weighted by atomic mass is 9.93. The fraction of sp³-hybridized carbons (Fsp3) is 0.500. The first kappa shape index (κ1) is 14.5. The van der Waals surface area contributed by atoms with Crippen molar-refractivity contribution in [3.63, 3.8) is 0 Å². The average molecular weight is 250 g/mol. The van der Waals surface area contributed by atoms with Crippen LogP contribution in [0, 0.1) is 0 Å². The van der Waals surface area contributed by atoms with Crippen LogP contribution in [0.1, 0.15) is 32.3 Å². The van der Waals surface area contributed by atoms with Crippen LogP contribution < -0.4 is 11.1 Å². The van der Waals surface area contributed by atoms with Crippen molar-refractivity contribution in [3.8, 4) is 0 Å². The Morgan fingerprint density at radius 3 is 2.28 bits per heavy atom. The van der Waals surface area contributed by atoms with Crippen LogP contribution in [-0.2, 0) is 11.2 Å². The largest absolute Gasteiger partial charge is 0.399 e. The van der Waals surface area contributed by atoms with Crippen molar-refractivity contribution in [2.45, 2.75) is 38.6 Å². The summed E-state index contributed by atoms with van der Waals surface area (Å²) >= 11 is 0. The highest BCUT2D eigenvalue weighted by Crippen LogP contribution is 2.14. The summed E-state index contributed by atoms with van der Waals surface area (Å²) in [5, 5.41) is 12.3. The molecule has 4 N–H and O–H groups in total. The minimum Gasteiger partial charge on any atom is -0.399 e. The Hall–Kier alpha value is -1.55. The minimum atomic E-state index is -0.495. The summed E-state index contributed by atoms with van der Waals surface area (Å²) in [6.45, 7) is 3.89. The van der Waals surface area contributed by atoms with E-state index in [-0.39, 0.29) is 12.5 Å². The van der Waals surface area contributed by atoms with Crippen LogP contribution in [0.3, 0.4) is 0 Å². The first-order valence-electron chi connectivity index (χ1n) is 6.31. The van der Waals surface area contributed by atoms with Gasteiger partial charge in [0.2, 0.25) is 5.91 Å². The van der Waals surface area contributed by atoms with Crippen LogP contribution >= 0.6 is 0 Å². The van der Waals surface area contributed by atoms with Gasteiger partial charge in [-0.25, -0.2) is 0 Å². The van der Waals surface area contributed by atoms with Crippen LogP contribution in [0.2, 0.25) is 0 Å². The molecule has 1 aromatic rings. The number of aliphatic hydroxyl groups is 1. The molecule has 0 atom stereocenters. The first-order valence-corrected chi connectivity index (χ1v) is 6.31. The Morgan fingerprint density at radius 2 is 1.83 bits per heavy atom. The lowest BCUT2D eigenvalue weighted by molar-refractivity contribution is -0.123. The van der Waals surface area contributed by atoms with Crippen molar-refractivity contribution >= 4 is 11.6 Å². The molecule has 0 aliphatic carbocycles. The molecule has 0 fully saturated rings. The molecule has 4 heteroatoms. The molecule has 1 rings (SSSR count). The van der Waals surface area contributed by atoms with Gasteiger partial charge in [0.15, 0.2) is 0 Å². The van der Waals surface area contributed by atoms with Gasteiger partial charge >= 0.3 is 0 Å². The predicted octanol–water partition coefficient (Wildman–Crippen LogP) is 1.48. The molecule has 18 heavy (non-hydrogen) atoms. The summed E-state index contributed by atoms with van der Waals surface area (Å²) in [5.74, 6) is -0.0717. The Balaban J connectivity index is 2.63. The number of amides is 1. The Labute approximate surface area is 108 Å². The molecular weight excluding hydrogens is 228 g/mol. The lowest BCUT2D eigenvalue weighted by Gasteiger charge is -2.30. The number of nitrogens with one attached hydrogen (secondary N) is 1. The molecule has 1 amide bonds. The third-order valence-corrected chi connectivity index (χ3v) is 3.41. The normalized spacial score (nSPS) is 11.3. The van der Waals surface area contributed by atoms with Gasteiger partial charge in [0.05, 0.1) is 18.6 Å². The minimum absolute atomic E-state index is 0.0342. The quantitative estimate of drug-likeness (QED) is 0.669. The van der Waals surface area contributed by atoms with Gasteiger partial charge in [-0.1, -0.05) is 26.0 Å². The van der Waals surface area contributed by atoms with Crippen molar-refractivity contribution in [2.75, 3.05) is 12.3 Å². The van der Waals surface area contributed by atoms with Gasteiger partial charge in [-0.3, -0.25) is 4.79 Å². The maximum absolute atomic E-state index is 11.9. The summed E-state index contributed by atoms with van der Waals surface area (Å²) < 4.78 is 0. The molecule has 4 nitrogen and oxygen atoms in total. The number of rotatable bonds is 6. The van der Waals surface area contributed by atoms with Crippen LogP contribution in [0.25, 0.3) is 0 Å². The molecule has 100 valence electrons. The second-order valence-electron chi connectivity index (χ2n) is 4.61. The Kier molecular flexibility index (Phi) is 5.16. The molecule has 1 aromatic carbocycles. The highest BCUT2D eigenvalue weighted by atomic mass is 16.3. The topological polar surface area (TPSA) is 75.3 Å². The van der Waals surface area contributed by atoms with Crippen molar-refractivity contribution in [3.05, 3.63) is 29.8 Å². The van der Waals surface area contributed by atoms with Crippen LogP contribution in [-0.4, -0.2) is 23.2 Å². The third-order valence-electron chi connectivity index (χ3n) is 3.41. The van der Waals surface area contributed by atoms with E-state index in [1.807, 2.05) is 26.0 Å². The van der Waals surface area contributed by atoms with E-state index in [4.69, 9.17) is 5.73 Å². The zero-order valence-corrected chi connectivity index (χ0v) is 11.1.